The lowest BCUT2D eigenvalue weighted by Crippen LogP contribution is -2.10. The van der Waals surface area contributed by atoms with Gasteiger partial charge in [0.05, 0.1) is 5.02 Å². The van der Waals surface area contributed by atoms with Crippen LogP contribution in [0.1, 0.15) is 11.1 Å². The summed E-state index contributed by atoms with van der Waals surface area (Å²) >= 11 is 11.0. The van der Waals surface area contributed by atoms with Crippen molar-refractivity contribution >= 4 is 34.5 Å². The van der Waals surface area contributed by atoms with Crippen LogP contribution in [0.2, 0.25) is 5.02 Å². The van der Waals surface area contributed by atoms with Crippen molar-refractivity contribution in [1.29, 1.82) is 0 Å². The summed E-state index contributed by atoms with van der Waals surface area (Å²) in [4.78, 5) is 4.27. The number of pyridine rings is 1. The van der Waals surface area contributed by atoms with E-state index in [2.05, 4.69) is 10.3 Å². The lowest BCUT2D eigenvalue weighted by Gasteiger charge is -2.08. The molecule has 0 aliphatic carbocycles. The number of benzene rings is 1. The van der Waals surface area contributed by atoms with Crippen LogP contribution in [-0.4, -0.2) is 9.97 Å². The molecule has 0 unspecified atom stereocenters. The largest absolute Gasteiger partial charge is 0.389 e. The molecular formula is C13H12ClN3S. The van der Waals surface area contributed by atoms with Gasteiger partial charge in [-0.15, -0.1) is 0 Å². The molecule has 18 heavy (non-hydrogen) atoms. The topological polar surface area (TPSA) is 50.9 Å². The van der Waals surface area contributed by atoms with Gasteiger partial charge in [-0.25, -0.2) is 0 Å². The van der Waals surface area contributed by atoms with Gasteiger partial charge >= 0.3 is 0 Å². The van der Waals surface area contributed by atoms with Crippen LogP contribution >= 0.6 is 23.8 Å². The van der Waals surface area contributed by atoms with Crippen LogP contribution in [0.25, 0.3) is 0 Å². The van der Waals surface area contributed by atoms with Crippen LogP contribution in [0, 0.1) is 0 Å². The Kier molecular flexibility index (Phi) is 4.12. The molecule has 2 aromatic rings. The number of nitrogens with zero attached hydrogens (tertiary/aromatic N) is 1. The Morgan fingerprint density at radius 3 is 2.61 bits per heavy atom. The SMILES string of the molecule is NC(=S)c1ccc(NCc2ccncc2)cc1Cl. The number of thiocarbonyl (C=S) groups is 1. The normalized spacial score (nSPS) is 10.1. The Hall–Kier alpha value is -1.65. The Morgan fingerprint density at radius 2 is 2.00 bits per heavy atom. The summed E-state index contributed by atoms with van der Waals surface area (Å²) in [6, 6.07) is 9.45. The third-order valence-electron chi connectivity index (χ3n) is 2.48. The molecule has 1 aromatic heterocycles. The molecular weight excluding hydrogens is 266 g/mol. The van der Waals surface area contributed by atoms with Gasteiger partial charge in [-0.05, 0) is 35.9 Å². The van der Waals surface area contributed by atoms with E-state index in [1.54, 1.807) is 12.4 Å². The fourth-order valence-electron chi connectivity index (χ4n) is 1.53. The number of nitrogens with one attached hydrogen (secondary N) is 1. The van der Waals surface area contributed by atoms with Crippen molar-refractivity contribution in [1.82, 2.24) is 4.98 Å². The van der Waals surface area contributed by atoms with Gasteiger partial charge in [0.25, 0.3) is 0 Å². The summed E-state index contributed by atoms with van der Waals surface area (Å²) < 4.78 is 0. The van der Waals surface area contributed by atoms with E-state index in [-0.39, 0.29) is 0 Å². The van der Waals surface area contributed by atoms with Gasteiger partial charge in [-0.2, -0.15) is 0 Å². The fraction of sp³-hybridized carbons (Fsp3) is 0.0769. The molecule has 1 aromatic carbocycles. The van der Waals surface area contributed by atoms with Crippen molar-refractivity contribution in [3.05, 3.63) is 58.9 Å². The molecule has 92 valence electrons. The van der Waals surface area contributed by atoms with Crippen molar-refractivity contribution in [3.63, 3.8) is 0 Å². The lowest BCUT2D eigenvalue weighted by atomic mass is 10.2. The number of anilines is 1. The van der Waals surface area contributed by atoms with Crippen LogP contribution in [0.15, 0.2) is 42.7 Å². The minimum atomic E-state index is 0.306. The zero-order valence-corrected chi connectivity index (χ0v) is 11.1. The highest BCUT2D eigenvalue weighted by molar-refractivity contribution is 7.80. The molecule has 0 atom stereocenters. The van der Waals surface area contributed by atoms with Gasteiger partial charge in [0.1, 0.15) is 4.99 Å². The van der Waals surface area contributed by atoms with Gasteiger partial charge in [-0.3, -0.25) is 4.98 Å². The highest BCUT2D eigenvalue weighted by atomic mass is 35.5. The number of hydrogen-bond acceptors (Lipinski definition) is 3. The van der Waals surface area contributed by atoms with Crippen LogP contribution in [-0.2, 0) is 6.54 Å². The van der Waals surface area contributed by atoms with Gasteiger partial charge in [0.2, 0.25) is 0 Å². The molecule has 2 rings (SSSR count). The number of aromatic nitrogens is 1. The summed E-state index contributed by atoms with van der Waals surface area (Å²) in [5.74, 6) is 0. The van der Waals surface area contributed by atoms with Crippen LogP contribution in [0.5, 0.6) is 0 Å². The smallest absolute Gasteiger partial charge is 0.105 e. The molecule has 1 heterocycles. The molecule has 0 aliphatic heterocycles. The highest BCUT2D eigenvalue weighted by Crippen LogP contribution is 2.21. The number of rotatable bonds is 4. The van der Waals surface area contributed by atoms with Crippen molar-refractivity contribution in [3.8, 4) is 0 Å². The summed E-state index contributed by atoms with van der Waals surface area (Å²) in [6.07, 6.45) is 3.53. The maximum Gasteiger partial charge on any atom is 0.105 e. The first kappa shape index (κ1) is 12.8. The first-order chi connectivity index (χ1) is 8.66. The quantitative estimate of drug-likeness (QED) is 0.844. The Labute approximate surface area is 116 Å². The molecule has 0 bridgehead atoms. The zero-order chi connectivity index (χ0) is 13.0. The monoisotopic (exact) mass is 277 g/mol. The van der Waals surface area contributed by atoms with Crippen molar-refractivity contribution in [2.75, 3.05) is 5.32 Å². The summed E-state index contributed by atoms with van der Waals surface area (Å²) in [6.45, 7) is 0.714. The van der Waals surface area contributed by atoms with Gasteiger partial charge in [0.15, 0.2) is 0 Å². The van der Waals surface area contributed by atoms with E-state index in [9.17, 15) is 0 Å². The zero-order valence-electron chi connectivity index (χ0n) is 9.56. The van der Waals surface area contributed by atoms with E-state index in [1.807, 2.05) is 30.3 Å². The minimum Gasteiger partial charge on any atom is -0.389 e. The van der Waals surface area contributed by atoms with E-state index in [1.165, 1.54) is 0 Å². The molecule has 0 fully saturated rings. The predicted octanol–water partition coefficient (Wildman–Crippen LogP) is 2.98. The molecule has 5 heteroatoms. The minimum absolute atomic E-state index is 0.306. The molecule has 0 spiro atoms. The highest BCUT2D eigenvalue weighted by Gasteiger charge is 2.04. The first-order valence-electron chi connectivity index (χ1n) is 5.39. The second-order valence-electron chi connectivity index (χ2n) is 3.77. The molecule has 3 nitrogen and oxygen atoms in total. The standard InChI is InChI=1S/C13H12ClN3S/c14-12-7-10(1-2-11(12)13(15)18)17-8-9-3-5-16-6-4-9/h1-7,17H,8H2,(H2,15,18). The second-order valence-corrected chi connectivity index (χ2v) is 4.61. The molecule has 3 N–H and O–H groups in total. The maximum absolute atomic E-state index is 6.09. The van der Waals surface area contributed by atoms with Crippen molar-refractivity contribution < 1.29 is 0 Å². The third kappa shape index (κ3) is 3.18. The Bertz CT molecular complexity index is 557. The van der Waals surface area contributed by atoms with Crippen LogP contribution in [0.4, 0.5) is 5.69 Å². The Morgan fingerprint density at radius 1 is 1.28 bits per heavy atom. The summed E-state index contributed by atoms with van der Waals surface area (Å²) in [5.41, 5.74) is 8.32. The number of halogens is 1. The number of hydrogen-bond donors (Lipinski definition) is 2. The van der Waals surface area contributed by atoms with E-state index < -0.39 is 0 Å². The van der Waals surface area contributed by atoms with E-state index >= 15 is 0 Å². The first-order valence-corrected chi connectivity index (χ1v) is 6.17. The number of nitrogens with two attached hydrogens (primary N) is 1. The average molecular weight is 278 g/mol. The van der Waals surface area contributed by atoms with Crippen molar-refractivity contribution in [2.45, 2.75) is 6.54 Å². The maximum atomic E-state index is 6.09. The van der Waals surface area contributed by atoms with Gasteiger partial charge in [0, 0.05) is 30.2 Å². The second kappa shape index (κ2) is 5.80. The molecule has 0 saturated heterocycles. The summed E-state index contributed by atoms with van der Waals surface area (Å²) in [5, 5.41) is 3.83. The average Bonchev–Trinajstić information content (AvgIpc) is 2.37. The molecule has 0 radical (unpaired) electrons. The molecule has 0 aliphatic rings. The van der Waals surface area contributed by atoms with Crippen LogP contribution in [0.3, 0.4) is 0 Å². The van der Waals surface area contributed by atoms with Gasteiger partial charge < -0.3 is 11.1 Å². The van der Waals surface area contributed by atoms with Crippen molar-refractivity contribution in [2.24, 2.45) is 5.73 Å². The van der Waals surface area contributed by atoms with E-state index in [0.717, 1.165) is 11.3 Å². The lowest BCUT2D eigenvalue weighted by molar-refractivity contribution is 1.13. The fourth-order valence-corrected chi connectivity index (χ4v) is 2.05. The third-order valence-corrected chi connectivity index (χ3v) is 3.01. The Balaban J connectivity index is 2.07. The van der Waals surface area contributed by atoms with E-state index in [4.69, 9.17) is 29.6 Å². The molecule has 0 saturated carbocycles. The molecule has 0 amide bonds. The summed E-state index contributed by atoms with van der Waals surface area (Å²) in [7, 11) is 0. The van der Waals surface area contributed by atoms with E-state index in [0.29, 0.717) is 22.1 Å². The van der Waals surface area contributed by atoms with Crippen LogP contribution < -0.4 is 11.1 Å². The predicted molar refractivity (Wildman–Crippen MR) is 78.9 cm³/mol. The van der Waals surface area contributed by atoms with Gasteiger partial charge in [-0.1, -0.05) is 23.8 Å².